The van der Waals surface area contributed by atoms with Crippen LogP contribution in [-0.4, -0.2) is 49.4 Å². The fourth-order valence-electron chi connectivity index (χ4n) is 3.80. The summed E-state index contributed by atoms with van der Waals surface area (Å²) in [5, 5.41) is 9.74. The summed E-state index contributed by atoms with van der Waals surface area (Å²) in [4.78, 5) is 24.2. The molecule has 1 saturated heterocycles. The predicted molar refractivity (Wildman–Crippen MR) is 106 cm³/mol. The van der Waals surface area contributed by atoms with Crippen molar-refractivity contribution in [1.82, 2.24) is 9.97 Å². The highest BCUT2D eigenvalue weighted by Crippen LogP contribution is 2.32. The van der Waals surface area contributed by atoms with Crippen molar-refractivity contribution in [3.63, 3.8) is 0 Å². The van der Waals surface area contributed by atoms with Crippen molar-refractivity contribution in [3.05, 3.63) is 30.0 Å². The van der Waals surface area contributed by atoms with E-state index in [1.165, 1.54) is 7.11 Å². The zero-order chi connectivity index (χ0) is 20.1. The van der Waals surface area contributed by atoms with Crippen LogP contribution in [0.4, 0.5) is 5.82 Å². The number of piperidine rings is 1. The number of esters is 1. The summed E-state index contributed by atoms with van der Waals surface area (Å²) >= 11 is 0. The van der Waals surface area contributed by atoms with Crippen LogP contribution in [0.15, 0.2) is 24.3 Å². The van der Waals surface area contributed by atoms with Crippen LogP contribution in [-0.2, 0) is 14.3 Å². The van der Waals surface area contributed by atoms with E-state index in [2.05, 4.69) is 29.8 Å². The Morgan fingerprint density at radius 3 is 2.46 bits per heavy atom. The van der Waals surface area contributed by atoms with E-state index in [0.29, 0.717) is 28.9 Å². The molecule has 3 atom stereocenters. The van der Waals surface area contributed by atoms with Crippen LogP contribution in [0.3, 0.4) is 0 Å². The monoisotopic (exact) mass is 382 g/mol. The number of nitriles is 1. The molecule has 2 heterocycles. The fraction of sp³-hybridized carbons (Fsp3) is 0.524. The number of anilines is 1. The first-order valence-corrected chi connectivity index (χ1v) is 9.60. The lowest BCUT2D eigenvalue weighted by molar-refractivity contribution is -0.145. The molecule has 0 radical (unpaired) electrons. The van der Waals surface area contributed by atoms with Gasteiger partial charge in [-0.1, -0.05) is 26.0 Å². The molecule has 2 aromatic rings. The predicted octanol–water partition coefficient (Wildman–Crippen LogP) is 2.91. The Bertz CT molecular complexity index is 870. The Balaban J connectivity index is 2.03. The Morgan fingerprint density at radius 1 is 1.21 bits per heavy atom. The van der Waals surface area contributed by atoms with E-state index in [4.69, 9.17) is 14.5 Å². The molecule has 0 spiro atoms. The molecule has 1 aromatic carbocycles. The highest BCUT2D eigenvalue weighted by molar-refractivity contribution is 5.85. The van der Waals surface area contributed by atoms with Crippen LogP contribution in [0.1, 0.15) is 31.9 Å². The number of ether oxygens (including phenoxy) is 2. The zero-order valence-electron chi connectivity index (χ0n) is 16.6. The topological polar surface area (TPSA) is 88.3 Å². The smallest absolute Gasteiger partial charge is 0.329 e. The van der Waals surface area contributed by atoms with Gasteiger partial charge < -0.3 is 14.4 Å². The number of para-hydroxylation sites is 2. The lowest BCUT2D eigenvalue weighted by Crippen LogP contribution is -2.40. The first-order chi connectivity index (χ1) is 13.5. The van der Waals surface area contributed by atoms with Crippen LogP contribution in [0.5, 0.6) is 0 Å². The van der Waals surface area contributed by atoms with Crippen molar-refractivity contribution in [1.29, 1.82) is 5.26 Å². The third-order valence-electron chi connectivity index (χ3n) is 4.92. The van der Waals surface area contributed by atoms with Gasteiger partial charge in [-0.15, -0.1) is 0 Å². The number of hydrogen-bond acceptors (Lipinski definition) is 7. The molecule has 148 valence electrons. The molecular formula is C21H26N4O3. The van der Waals surface area contributed by atoms with Gasteiger partial charge in [-0.2, -0.15) is 5.26 Å². The van der Waals surface area contributed by atoms with Crippen molar-refractivity contribution in [2.24, 2.45) is 11.8 Å². The maximum Gasteiger partial charge on any atom is 0.329 e. The van der Waals surface area contributed by atoms with Crippen LogP contribution in [0.2, 0.25) is 0 Å². The largest absolute Gasteiger partial charge is 0.462 e. The molecule has 1 aliphatic heterocycles. The van der Waals surface area contributed by atoms with Crippen LogP contribution in [0, 0.1) is 23.2 Å². The molecule has 0 N–H and O–H groups in total. The van der Waals surface area contributed by atoms with Crippen LogP contribution in [0.25, 0.3) is 11.0 Å². The molecule has 1 fully saturated rings. The Morgan fingerprint density at radius 2 is 1.86 bits per heavy atom. The summed E-state index contributed by atoms with van der Waals surface area (Å²) < 4.78 is 10.1. The molecule has 0 bridgehead atoms. The zero-order valence-corrected chi connectivity index (χ0v) is 16.6. The van der Waals surface area contributed by atoms with Gasteiger partial charge in [0.1, 0.15) is 12.3 Å². The molecule has 1 aromatic heterocycles. The summed E-state index contributed by atoms with van der Waals surface area (Å²) in [6.45, 7) is 6.43. The number of carbonyl (C=O) groups excluding carboxylic acids is 1. The summed E-state index contributed by atoms with van der Waals surface area (Å²) in [6.07, 6.45) is 1.15. The molecule has 0 saturated carbocycles. The number of hydrogen-bond donors (Lipinski definition) is 0. The second kappa shape index (κ2) is 8.98. The van der Waals surface area contributed by atoms with Crippen molar-refractivity contribution in [2.45, 2.75) is 26.2 Å². The minimum atomic E-state index is -1.13. The van der Waals surface area contributed by atoms with Gasteiger partial charge in [0.2, 0.25) is 0 Å². The van der Waals surface area contributed by atoms with E-state index < -0.39 is 11.9 Å². The average Bonchev–Trinajstić information content (AvgIpc) is 2.67. The molecule has 0 aliphatic carbocycles. The normalized spacial score (nSPS) is 20.6. The van der Waals surface area contributed by atoms with Crippen molar-refractivity contribution >= 4 is 22.8 Å². The van der Waals surface area contributed by atoms with Gasteiger partial charge in [0, 0.05) is 20.2 Å². The third-order valence-corrected chi connectivity index (χ3v) is 4.92. The number of fused-ring (bicyclic) bond motifs is 1. The highest BCUT2D eigenvalue weighted by Gasteiger charge is 2.32. The molecule has 7 heteroatoms. The number of nitrogens with zero attached hydrogens (tertiary/aromatic N) is 4. The number of methoxy groups -OCH3 is 1. The average molecular weight is 382 g/mol. The lowest BCUT2D eigenvalue weighted by atomic mass is 9.91. The van der Waals surface area contributed by atoms with Gasteiger partial charge >= 0.3 is 5.97 Å². The van der Waals surface area contributed by atoms with E-state index in [0.717, 1.165) is 25.0 Å². The lowest BCUT2D eigenvalue weighted by Gasteiger charge is -2.36. The van der Waals surface area contributed by atoms with Gasteiger partial charge in [-0.05, 0) is 30.4 Å². The molecule has 28 heavy (non-hydrogen) atoms. The fourth-order valence-corrected chi connectivity index (χ4v) is 3.80. The second-order valence-corrected chi connectivity index (χ2v) is 7.49. The standard InChI is InChI=1S/C21H26N4O3/c1-14-10-15(2)13-25(12-14)20-19(16(11-22)21(26)28-9-8-27-3)23-17-6-4-5-7-18(17)24-20/h4-7,14-16H,8-10,12-13H2,1-3H3/t14-,15-,16-/m0/s1. The minimum Gasteiger partial charge on any atom is -0.462 e. The maximum absolute atomic E-state index is 12.6. The number of benzene rings is 1. The summed E-state index contributed by atoms with van der Waals surface area (Å²) in [5.74, 6) is -0.148. The Kier molecular flexibility index (Phi) is 6.42. The third kappa shape index (κ3) is 4.39. The van der Waals surface area contributed by atoms with Crippen molar-refractivity contribution in [3.8, 4) is 6.07 Å². The quantitative estimate of drug-likeness (QED) is 0.560. The van der Waals surface area contributed by atoms with Gasteiger partial charge in [-0.25, -0.2) is 9.97 Å². The number of aromatic nitrogens is 2. The van der Waals surface area contributed by atoms with Crippen LogP contribution >= 0.6 is 0 Å². The SMILES string of the molecule is COCCOC(=O)[C@@H](C#N)c1nc2ccccc2nc1N1C[C@@H](C)C[C@H](C)C1. The summed E-state index contributed by atoms with van der Waals surface area (Å²) in [6, 6.07) is 9.57. The Hall–Kier alpha value is -2.72. The second-order valence-electron chi connectivity index (χ2n) is 7.49. The minimum absolute atomic E-state index is 0.0988. The highest BCUT2D eigenvalue weighted by atomic mass is 16.6. The molecule has 3 rings (SSSR count). The molecule has 0 amide bonds. The van der Waals surface area contributed by atoms with E-state index in [1.807, 2.05) is 24.3 Å². The van der Waals surface area contributed by atoms with Gasteiger partial charge in [0.15, 0.2) is 11.7 Å². The number of carbonyl (C=O) groups is 1. The Labute approximate surface area is 165 Å². The van der Waals surface area contributed by atoms with E-state index in [-0.39, 0.29) is 13.2 Å². The maximum atomic E-state index is 12.6. The van der Waals surface area contributed by atoms with E-state index >= 15 is 0 Å². The molecular weight excluding hydrogens is 356 g/mol. The molecule has 1 aliphatic rings. The summed E-state index contributed by atoms with van der Waals surface area (Å²) in [5.41, 5.74) is 1.77. The van der Waals surface area contributed by atoms with E-state index in [9.17, 15) is 10.1 Å². The van der Waals surface area contributed by atoms with Gasteiger partial charge in [0.05, 0.1) is 23.7 Å². The van der Waals surface area contributed by atoms with Crippen molar-refractivity contribution < 1.29 is 14.3 Å². The van der Waals surface area contributed by atoms with Gasteiger partial charge in [-0.3, -0.25) is 4.79 Å². The van der Waals surface area contributed by atoms with Crippen LogP contribution < -0.4 is 4.90 Å². The molecule has 0 unspecified atom stereocenters. The van der Waals surface area contributed by atoms with Crippen molar-refractivity contribution in [2.75, 3.05) is 38.3 Å². The first kappa shape index (κ1) is 20.0. The molecule has 7 nitrogen and oxygen atoms in total. The number of rotatable bonds is 6. The first-order valence-electron chi connectivity index (χ1n) is 9.60. The van der Waals surface area contributed by atoms with Gasteiger partial charge in [0.25, 0.3) is 0 Å². The van der Waals surface area contributed by atoms with E-state index in [1.54, 1.807) is 0 Å². The summed E-state index contributed by atoms with van der Waals surface area (Å²) in [7, 11) is 1.53.